The van der Waals surface area contributed by atoms with E-state index in [-0.39, 0.29) is 12.0 Å². The van der Waals surface area contributed by atoms with Crippen molar-refractivity contribution in [2.24, 2.45) is 5.41 Å². The van der Waals surface area contributed by atoms with Gasteiger partial charge in [-0.1, -0.05) is 6.92 Å². The van der Waals surface area contributed by atoms with Gasteiger partial charge in [-0.25, -0.2) is 0 Å². The summed E-state index contributed by atoms with van der Waals surface area (Å²) in [5.74, 6) is 0.312. The average molecular weight is 240 g/mol. The standard InChI is InChI=1S/C13H24N2O2/c1-13(11-16)5-3-6-14(10-13)8-9-15-7-2-4-12(15)17/h16H,2-11H2,1H3. The Balaban J connectivity index is 1.77. The molecule has 0 aromatic heterocycles. The fourth-order valence-electron chi connectivity index (χ4n) is 2.95. The molecule has 0 saturated carbocycles. The van der Waals surface area contributed by atoms with Crippen LogP contribution < -0.4 is 0 Å². The quantitative estimate of drug-likeness (QED) is 0.787. The molecule has 1 atom stereocenters. The summed E-state index contributed by atoms with van der Waals surface area (Å²) >= 11 is 0. The number of hydrogen-bond donors (Lipinski definition) is 1. The summed E-state index contributed by atoms with van der Waals surface area (Å²) in [6.45, 7) is 7.25. The van der Waals surface area contributed by atoms with Gasteiger partial charge in [-0.2, -0.15) is 0 Å². The molecule has 1 N–H and O–H groups in total. The highest BCUT2D eigenvalue weighted by Gasteiger charge is 2.30. The van der Waals surface area contributed by atoms with E-state index in [1.165, 1.54) is 0 Å². The van der Waals surface area contributed by atoms with Crippen LogP contribution in [0.25, 0.3) is 0 Å². The average Bonchev–Trinajstić information content (AvgIpc) is 2.73. The molecule has 1 unspecified atom stereocenters. The summed E-state index contributed by atoms with van der Waals surface area (Å²) in [7, 11) is 0. The first-order valence-corrected chi connectivity index (χ1v) is 6.74. The highest BCUT2D eigenvalue weighted by atomic mass is 16.3. The molecule has 0 aromatic rings. The van der Waals surface area contributed by atoms with Gasteiger partial charge in [-0.05, 0) is 25.8 Å². The Hall–Kier alpha value is -0.610. The number of rotatable bonds is 4. The van der Waals surface area contributed by atoms with Crippen molar-refractivity contribution in [3.63, 3.8) is 0 Å². The number of nitrogens with zero attached hydrogens (tertiary/aromatic N) is 2. The SMILES string of the molecule is CC1(CO)CCCN(CCN2CCCC2=O)C1. The smallest absolute Gasteiger partial charge is 0.222 e. The van der Waals surface area contributed by atoms with E-state index in [0.29, 0.717) is 5.91 Å². The van der Waals surface area contributed by atoms with Crippen LogP contribution in [0.5, 0.6) is 0 Å². The summed E-state index contributed by atoms with van der Waals surface area (Å²) in [5.41, 5.74) is 0.0628. The van der Waals surface area contributed by atoms with Crippen molar-refractivity contribution in [1.82, 2.24) is 9.80 Å². The van der Waals surface area contributed by atoms with Crippen LogP contribution in [0.1, 0.15) is 32.6 Å². The number of carbonyl (C=O) groups excluding carboxylic acids is 1. The number of carbonyl (C=O) groups is 1. The van der Waals surface area contributed by atoms with Crippen molar-refractivity contribution in [2.45, 2.75) is 32.6 Å². The molecule has 2 fully saturated rings. The third-order valence-corrected chi connectivity index (χ3v) is 4.10. The van der Waals surface area contributed by atoms with Gasteiger partial charge in [0.2, 0.25) is 5.91 Å². The lowest BCUT2D eigenvalue weighted by atomic mass is 9.83. The fraction of sp³-hybridized carbons (Fsp3) is 0.923. The van der Waals surface area contributed by atoms with E-state index >= 15 is 0 Å². The normalized spacial score (nSPS) is 31.2. The maximum atomic E-state index is 11.5. The van der Waals surface area contributed by atoms with E-state index in [2.05, 4.69) is 11.8 Å². The van der Waals surface area contributed by atoms with E-state index in [0.717, 1.165) is 58.4 Å². The van der Waals surface area contributed by atoms with Crippen LogP contribution in [0.4, 0.5) is 0 Å². The molecular weight excluding hydrogens is 216 g/mol. The van der Waals surface area contributed by atoms with Crippen LogP contribution in [0.2, 0.25) is 0 Å². The second-order valence-electron chi connectivity index (χ2n) is 5.83. The number of hydrogen-bond acceptors (Lipinski definition) is 3. The predicted octanol–water partition coefficient (Wildman–Crippen LogP) is 0.703. The summed E-state index contributed by atoms with van der Waals surface area (Å²) in [5, 5.41) is 9.40. The second-order valence-corrected chi connectivity index (χ2v) is 5.83. The van der Waals surface area contributed by atoms with Gasteiger partial charge in [0.25, 0.3) is 0 Å². The molecule has 1 amide bonds. The molecule has 4 nitrogen and oxygen atoms in total. The maximum Gasteiger partial charge on any atom is 0.222 e. The van der Waals surface area contributed by atoms with Crippen molar-refractivity contribution >= 4 is 5.91 Å². The molecule has 2 heterocycles. The molecule has 2 aliphatic heterocycles. The third-order valence-electron chi connectivity index (χ3n) is 4.10. The lowest BCUT2D eigenvalue weighted by Gasteiger charge is -2.39. The Labute approximate surface area is 104 Å². The van der Waals surface area contributed by atoms with Crippen LogP contribution in [-0.4, -0.2) is 60.1 Å². The minimum absolute atomic E-state index is 0.0628. The fourth-order valence-corrected chi connectivity index (χ4v) is 2.95. The van der Waals surface area contributed by atoms with Crippen molar-refractivity contribution in [3.05, 3.63) is 0 Å². The van der Waals surface area contributed by atoms with Crippen LogP contribution in [0, 0.1) is 5.41 Å². The second kappa shape index (κ2) is 5.36. The Morgan fingerprint density at radius 2 is 2.12 bits per heavy atom. The molecule has 2 saturated heterocycles. The minimum Gasteiger partial charge on any atom is -0.396 e. The van der Waals surface area contributed by atoms with Crippen LogP contribution in [-0.2, 0) is 4.79 Å². The molecule has 2 aliphatic rings. The minimum atomic E-state index is 0.0628. The van der Waals surface area contributed by atoms with Crippen molar-refractivity contribution in [3.8, 4) is 0 Å². The van der Waals surface area contributed by atoms with Crippen molar-refractivity contribution in [1.29, 1.82) is 0 Å². The molecule has 0 aromatic carbocycles. The van der Waals surface area contributed by atoms with E-state index in [1.54, 1.807) is 0 Å². The van der Waals surface area contributed by atoms with Gasteiger partial charge in [-0.3, -0.25) is 4.79 Å². The number of aliphatic hydroxyl groups is 1. The molecule has 0 bridgehead atoms. The Morgan fingerprint density at radius 3 is 2.76 bits per heavy atom. The Morgan fingerprint density at radius 1 is 1.29 bits per heavy atom. The maximum absolute atomic E-state index is 11.5. The van der Waals surface area contributed by atoms with Gasteiger partial charge < -0.3 is 14.9 Å². The zero-order chi connectivity index (χ0) is 12.3. The van der Waals surface area contributed by atoms with E-state index in [4.69, 9.17) is 0 Å². The monoisotopic (exact) mass is 240 g/mol. The van der Waals surface area contributed by atoms with Crippen molar-refractivity contribution < 1.29 is 9.90 Å². The van der Waals surface area contributed by atoms with E-state index in [9.17, 15) is 9.90 Å². The Bertz CT molecular complexity index is 283. The summed E-state index contributed by atoms with van der Waals surface area (Å²) < 4.78 is 0. The number of likely N-dealkylation sites (tertiary alicyclic amines) is 2. The first-order chi connectivity index (χ1) is 8.13. The summed E-state index contributed by atoms with van der Waals surface area (Å²) in [4.78, 5) is 15.9. The van der Waals surface area contributed by atoms with Crippen LogP contribution >= 0.6 is 0 Å². The molecule has 0 spiro atoms. The third kappa shape index (κ3) is 3.19. The van der Waals surface area contributed by atoms with Gasteiger partial charge >= 0.3 is 0 Å². The topological polar surface area (TPSA) is 43.8 Å². The van der Waals surface area contributed by atoms with Gasteiger partial charge in [0.05, 0.1) is 0 Å². The van der Waals surface area contributed by atoms with Gasteiger partial charge in [-0.15, -0.1) is 0 Å². The molecule has 2 rings (SSSR count). The molecule has 98 valence electrons. The Kier molecular flexibility index (Phi) is 4.05. The molecular formula is C13H24N2O2. The highest BCUT2D eigenvalue weighted by Crippen LogP contribution is 2.28. The van der Waals surface area contributed by atoms with Gasteiger partial charge in [0, 0.05) is 44.6 Å². The highest BCUT2D eigenvalue weighted by molar-refractivity contribution is 5.78. The number of amides is 1. The largest absolute Gasteiger partial charge is 0.396 e. The first-order valence-electron chi connectivity index (χ1n) is 6.74. The predicted molar refractivity (Wildman–Crippen MR) is 66.7 cm³/mol. The first kappa shape index (κ1) is 12.8. The van der Waals surface area contributed by atoms with Gasteiger partial charge in [0.1, 0.15) is 0 Å². The lowest BCUT2D eigenvalue weighted by Crippen LogP contribution is -2.46. The zero-order valence-corrected chi connectivity index (χ0v) is 10.8. The van der Waals surface area contributed by atoms with Gasteiger partial charge in [0.15, 0.2) is 0 Å². The summed E-state index contributed by atoms with van der Waals surface area (Å²) in [6.07, 6.45) is 4.02. The van der Waals surface area contributed by atoms with E-state index in [1.807, 2.05) is 4.90 Å². The van der Waals surface area contributed by atoms with Crippen LogP contribution in [0.3, 0.4) is 0 Å². The number of piperidine rings is 1. The summed E-state index contributed by atoms with van der Waals surface area (Å²) in [6, 6.07) is 0. The molecule has 0 aliphatic carbocycles. The van der Waals surface area contributed by atoms with Crippen LogP contribution in [0.15, 0.2) is 0 Å². The van der Waals surface area contributed by atoms with E-state index < -0.39 is 0 Å². The molecule has 17 heavy (non-hydrogen) atoms. The zero-order valence-electron chi connectivity index (χ0n) is 10.8. The van der Waals surface area contributed by atoms with Crippen molar-refractivity contribution in [2.75, 3.05) is 39.3 Å². The molecule has 0 radical (unpaired) electrons. The lowest BCUT2D eigenvalue weighted by molar-refractivity contribution is -0.128. The number of aliphatic hydroxyl groups excluding tert-OH is 1. The molecule has 4 heteroatoms.